The van der Waals surface area contributed by atoms with Crippen LogP contribution in [0.25, 0.3) is 10.9 Å². The summed E-state index contributed by atoms with van der Waals surface area (Å²) in [6.45, 7) is 2.25. The van der Waals surface area contributed by atoms with Crippen LogP contribution in [-0.4, -0.2) is 32.4 Å². The molecular weight excluding hydrogens is 216 g/mol. The van der Waals surface area contributed by atoms with E-state index >= 15 is 0 Å². The Hall–Kier alpha value is -1.46. The number of nitrogens with zero attached hydrogens (tertiary/aromatic N) is 2. The van der Waals surface area contributed by atoms with Gasteiger partial charge in [-0.2, -0.15) is 5.10 Å². The zero-order valence-corrected chi connectivity index (χ0v) is 9.77. The smallest absolute Gasteiger partial charge is 0.0836 e. The fraction of sp³-hybridized carbons (Fsp3) is 0.500. The minimum atomic E-state index is -0.0729. The van der Waals surface area contributed by atoms with E-state index in [0.717, 1.165) is 29.3 Å². The van der Waals surface area contributed by atoms with Crippen LogP contribution in [0.4, 0.5) is 0 Å². The number of nitrogens with one attached hydrogen (secondary N) is 2. The third-order valence-electron chi connectivity index (χ3n) is 3.48. The summed E-state index contributed by atoms with van der Waals surface area (Å²) in [6.07, 6.45) is 7.67. The Bertz CT molecular complexity index is 532. The van der Waals surface area contributed by atoms with Gasteiger partial charge in [-0.15, -0.1) is 0 Å². The summed E-state index contributed by atoms with van der Waals surface area (Å²) in [6, 6.07) is -0.0729. The van der Waals surface area contributed by atoms with Crippen LogP contribution in [0.15, 0.2) is 18.6 Å². The topological polar surface area (TPSA) is 73.8 Å². The molecule has 0 aromatic carbocycles. The number of fused-ring (bicyclic) bond motifs is 1. The van der Waals surface area contributed by atoms with Crippen LogP contribution in [-0.2, 0) is 0 Å². The summed E-state index contributed by atoms with van der Waals surface area (Å²) < 4.78 is 0. The Morgan fingerprint density at radius 3 is 3.00 bits per heavy atom. The third-order valence-corrected chi connectivity index (χ3v) is 3.48. The van der Waals surface area contributed by atoms with E-state index in [-0.39, 0.29) is 18.2 Å². The highest BCUT2D eigenvalue weighted by Crippen LogP contribution is 2.37. The Balaban J connectivity index is 1.97. The van der Waals surface area contributed by atoms with E-state index in [9.17, 15) is 5.11 Å². The highest BCUT2D eigenvalue weighted by Gasteiger charge is 2.39. The lowest BCUT2D eigenvalue weighted by Gasteiger charge is -2.21. The molecule has 3 rings (SSSR count). The van der Waals surface area contributed by atoms with Crippen molar-refractivity contribution in [2.45, 2.75) is 31.3 Å². The first-order valence-electron chi connectivity index (χ1n) is 5.87. The zero-order valence-electron chi connectivity index (χ0n) is 9.77. The average Bonchev–Trinajstić information content (AvgIpc) is 2.89. The van der Waals surface area contributed by atoms with Gasteiger partial charge in [-0.25, -0.2) is 0 Å². The molecule has 2 aromatic heterocycles. The molecule has 0 bridgehead atoms. The molecule has 1 fully saturated rings. The van der Waals surface area contributed by atoms with Gasteiger partial charge in [-0.3, -0.25) is 10.1 Å². The molecule has 0 aliphatic heterocycles. The standard InChI is InChI=1S/C12H16N4O/c1-12(2-3-12)15-11(7-17)8-4-13-6-10-9(8)5-14-16-10/h4-6,11,15,17H,2-3,7H2,1H3,(H,14,16)/t11-/m0/s1. The first kappa shape index (κ1) is 10.7. The Labute approximate surface area is 99.3 Å². The van der Waals surface area contributed by atoms with Crippen molar-refractivity contribution in [2.75, 3.05) is 6.61 Å². The Morgan fingerprint density at radius 1 is 1.47 bits per heavy atom. The van der Waals surface area contributed by atoms with Crippen LogP contribution < -0.4 is 5.32 Å². The summed E-state index contributed by atoms with van der Waals surface area (Å²) in [5, 5.41) is 21.0. The molecule has 1 saturated carbocycles. The van der Waals surface area contributed by atoms with Gasteiger partial charge < -0.3 is 10.4 Å². The second-order valence-electron chi connectivity index (χ2n) is 5.00. The molecule has 0 spiro atoms. The first-order chi connectivity index (χ1) is 8.22. The number of hydrogen-bond donors (Lipinski definition) is 3. The molecule has 2 aromatic rings. The van der Waals surface area contributed by atoms with E-state index in [1.54, 1.807) is 18.6 Å². The van der Waals surface area contributed by atoms with Gasteiger partial charge in [0, 0.05) is 22.7 Å². The summed E-state index contributed by atoms with van der Waals surface area (Å²) >= 11 is 0. The predicted molar refractivity (Wildman–Crippen MR) is 64.5 cm³/mol. The Morgan fingerprint density at radius 2 is 2.29 bits per heavy atom. The van der Waals surface area contributed by atoms with Crippen molar-refractivity contribution in [1.82, 2.24) is 20.5 Å². The molecule has 17 heavy (non-hydrogen) atoms. The molecular formula is C12H16N4O. The second-order valence-corrected chi connectivity index (χ2v) is 5.00. The minimum absolute atomic E-state index is 0.0710. The molecule has 0 saturated heterocycles. The van der Waals surface area contributed by atoms with Gasteiger partial charge >= 0.3 is 0 Å². The fourth-order valence-electron chi connectivity index (χ4n) is 2.14. The van der Waals surface area contributed by atoms with Gasteiger partial charge in [0.1, 0.15) is 0 Å². The van der Waals surface area contributed by atoms with Gasteiger partial charge in [0.15, 0.2) is 0 Å². The van der Waals surface area contributed by atoms with E-state index in [0.29, 0.717) is 0 Å². The summed E-state index contributed by atoms with van der Waals surface area (Å²) in [5.74, 6) is 0. The van der Waals surface area contributed by atoms with E-state index < -0.39 is 0 Å². The number of hydrogen-bond acceptors (Lipinski definition) is 4. The summed E-state index contributed by atoms with van der Waals surface area (Å²) in [4.78, 5) is 4.18. The molecule has 0 amide bonds. The minimum Gasteiger partial charge on any atom is -0.394 e. The van der Waals surface area contributed by atoms with E-state index in [1.165, 1.54) is 0 Å². The summed E-state index contributed by atoms with van der Waals surface area (Å²) in [5.41, 5.74) is 2.09. The molecule has 1 aliphatic carbocycles. The van der Waals surface area contributed by atoms with Gasteiger partial charge in [0.2, 0.25) is 0 Å². The molecule has 0 radical (unpaired) electrons. The van der Waals surface area contributed by atoms with Crippen molar-refractivity contribution in [1.29, 1.82) is 0 Å². The number of rotatable bonds is 4. The van der Waals surface area contributed by atoms with Gasteiger partial charge in [-0.1, -0.05) is 0 Å². The van der Waals surface area contributed by atoms with E-state index in [1.807, 2.05) is 0 Å². The number of H-pyrrole nitrogens is 1. The molecule has 5 heteroatoms. The maximum absolute atomic E-state index is 9.55. The number of aliphatic hydroxyl groups is 1. The monoisotopic (exact) mass is 232 g/mol. The molecule has 2 heterocycles. The van der Waals surface area contributed by atoms with Crippen LogP contribution in [0.1, 0.15) is 31.4 Å². The fourth-order valence-corrected chi connectivity index (χ4v) is 2.14. The highest BCUT2D eigenvalue weighted by molar-refractivity contribution is 5.80. The van der Waals surface area contributed by atoms with Crippen molar-refractivity contribution in [3.63, 3.8) is 0 Å². The lowest BCUT2D eigenvalue weighted by Crippen LogP contribution is -2.34. The van der Waals surface area contributed by atoms with Gasteiger partial charge in [0.05, 0.1) is 30.6 Å². The maximum Gasteiger partial charge on any atom is 0.0836 e. The quantitative estimate of drug-likeness (QED) is 0.739. The van der Waals surface area contributed by atoms with Crippen molar-refractivity contribution in [3.05, 3.63) is 24.2 Å². The van der Waals surface area contributed by atoms with Crippen LogP contribution >= 0.6 is 0 Å². The van der Waals surface area contributed by atoms with Crippen LogP contribution in [0.2, 0.25) is 0 Å². The van der Waals surface area contributed by atoms with Gasteiger partial charge in [-0.05, 0) is 19.8 Å². The molecule has 3 N–H and O–H groups in total. The molecule has 90 valence electrons. The lowest BCUT2D eigenvalue weighted by atomic mass is 10.1. The van der Waals surface area contributed by atoms with Gasteiger partial charge in [0.25, 0.3) is 0 Å². The van der Waals surface area contributed by atoms with Crippen LogP contribution in [0.5, 0.6) is 0 Å². The number of pyridine rings is 1. The first-order valence-corrected chi connectivity index (χ1v) is 5.87. The number of aromatic amines is 1. The molecule has 5 nitrogen and oxygen atoms in total. The lowest BCUT2D eigenvalue weighted by molar-refractivity contribution is 0.232. The van der Waals surface area contributed by atoms with Crippen LogP contribution in [0, 0.1) is 0 Å². The number of aromatic nitrogens is 3. The maximum atomic E-state index is 9.55. The van der Waals surface area contributed by atoms with Crippen molar-refractivity contribution < 1.29 is 5.11 Å². The normalized spacial score (nSPS) is 19.4. The van der Waals surface area contributed by atoms with E-state index in [4.69, 9.17) is 0 Å². The summed E-state index contributed by atoms with van der Waals surface area (Å²) in [7, 11) is 0. The molecule has 1 aliphatic rings. The largest absolute Gasteiger partial charge is 0.394 e. The van der Waals surface area contributed by atoms with Crippen molar-refractivity contribution >= 4 is 10.9 Å². The highest BCUT2D eigenvalue weighted by atomic mass is 16.3. The Kier molecular flexibility index (Phi) is 2.38. The predicted octanol–water partition coefficient (Wildman–Crippen LogP) is 1.13. The molecule has 1 atom stereocenters. The van der Waals surface area contributed by atoms with E-state index in [2.05, 4.69) is 27.4 Å². The van der Waals surface area contributed by atoms with Crippen LogP contribution in [0.3, 0.4) is 0 Å². The SMILES string of the molecule is CC1(N[C@@H](CO)c2cncc3[nH]ncc23)CC1. The molecule has 0 unspecified atom stereocenters. The number of aliphatic hydroxyl groups excluding tert-OH is 1. The van der Waals surface area contributed by atoms with Crippen molar-refractivity contribution in [3.8, 4) is 0 Å². The zero-order chi connectivity index (χ0) is 11.9. The average molecular weight is 232 g/mol. The van der Waals surface area contributed by atoms with Crippen molar-refractivity contribution in [2.24, 2.45) is 0 Å². The second kappa shape index (κ2) is 3.78. The third kappa shape index (κ3) is 1.92.